The number of likely N-dealkylation sites (tertiary alicyclic amines) is 1. The third-order valence-electron chi connectivity index (χ3n) is 5.37. The summed E-state index contributed by atoms with van der Waals surface area (Å²) in [4.78, 5) is 30.4. The lowest BCUT2D eigenvalue weighted by Gasteiger charge is -2.28. The van der Waals surface area contributed by atoms with E-state index in [9.17, 15) is 14.0 Å². The first-order valence-electron chi connectivity index (χ1n) is 10.3. The zero-order valence-electron chi connectivity index (χ0n) is 17.6. The van der Waals surface area contributed by atoms with Gasteiger partial charge in [-0.15, -0.1) is 11.3 Å². The van der Waals surface area contributed by atoms with Gasteiger partial charge in [0.25, 0.3) is 0 Å². The molecule has 0 aliphatic carbocycles. The minimum Gasteiger partial charge on any atom is -0.375 e. The Bertz CT molecular complexity index is 847. The average molecular weight is 449 g/mol. The molecule has 1 aliphatic heterocycles. The lowest BCUT2D eigenvalue weighted by molar-refractivity contribution is -0.141. The highest BCUT2D eigenvalue weighted by Crippen LogP contribution is 2.27. The van der Waals surface area contributed by atoms with Crippen LogP contribution in [0.2, 0.25) is 0 Å². The van der Waals surface area contributed by atoms with Gasteiger partial charge in [0.15, 0.2) is 0 Å². The minimum atomic E-state index is -0.571. The van der Waals surface area contributed by atoms with E-state index in [2.05, 4.69) is 16.3 Å². The Labute approximate surface area is 186 Å². The van der Waals surface area contributed by atoms with Crippen LogP contribution in [0.25, 0.3) is 0 Å². The van der Waals surface area contributed by atoms with Gasteiger partial charge in [-0.25, -0.2) is 4.39 Å². The molecule has 9 heteroatoms. The molecule has 1 aromatic heterocycles. The quantitative estimate of drug-likeness (QED) is 0.576. The van der Waals surface area contributed by atoms with E-state index in [-0.39, 0.29) is 30.3 Å². The molecule has 1 fully saturated rings. The Hall–Kier alpha value is -2.33. The molecule has 2 heterocycles. The molecule has 1 aromatic carbocycles. The van der Waals surface area contributed by atoms with Gasteiger partial charge in [0.05, 0.1) is 0 Å². The topological polar surface area (TPSA) is 87.9 Å². The van der Waals surface area contributed by atoms with Crippen LogP contribution in [0.4, 0.5) is 4.39 Å². The summed E-state index contributed by atoms with van der Waals surface area (Å²) in [5.74, 6) is -0.687. The first-order valence-corrected chi connectivity index (χ1v) is 11.2. The third-order valence-corrected chi connectivity index (χ3v) is 6.23. The van der Waals surface area contributed by atoms with Gasteiger partial charge in [-0.05, 0) is 35.6 Å². The number of amides is 2. The van der Waals surface area contributed by atoms with Crippen molar-refractivity contribution >= 4 is 23.2 Å². The summed E-state index contributed by atoms with van der Waals surface area (Å²) in [6, 6.07) is 9.91. The van der Waals surface area contributed by atoms with Crippen molar-refractivity contribution in [3.8, 4) is 0 Å². The molecule has 1 aliphatic rings. The van der Waals surface area contributed by atoms with Gasteiger partial charge < -0.3 is 20.7 Å². The molecule has 2 amide bonds. The number of hydrogen-bond donors (Lipinski definition) is 2. The van der Waals surface area contributed by atoms with Gasteiger partial charge >= 0.3 is 0 Å². The van der Waals surface area contributed by atoms with Crippen LogP contribution in [0.1, 0.15) is 16.9 Å². The Kier molecular flexibility index (Phi) is 8.53. The smallest absolute Gasteiger partial charge is 0.249 e. The van der Waals surface area contributed by atoms with Gasteiger partial charge in [0, 0.05) is 50.8 Å². The van der Waals surface area contributed by atoms with E-state index in [0.717, 1.165) is 5.56 Å². The monoisotopic (exact) mass is 448 g/mol. The molecule has 2 unspecified atom stereocenters. The zero-order valence-corrected chi connectivity index (χ0v) is 18.4. The van der Waals surface area contributed by atoms with Crippen LogP contribution in [-0.2, 0) is 27.4 Å². The van der Waals surface area contributed by atoms with Crippen LogP contribution in [0.5, 0.6) is 0 Å². The standard InChI is InChI=1S/C22H29FN4O3S/c1-30-15-21(28)27-13-18(11-20(27)22(29)25-9-8-24)26(14-19-3-2-10-31-19)12-16-4-6-17(23)7-5-16/h2-7,10,18,20H,8-9,11-15,24H2,1H3,(H,25,29). The average Bonchev–Trinajstić information content (AvgIpc) is 3.43. The number of hydrogen-bond acceptors (Lipinski definition) is 6. The van der Waals surface area contributed by atoms with Crippen LogP contribution in [0, 0.1) is 5.82 Å². The summed E-state index contributed by atoms with van der Waals surface area (Å²) in [5, 5.41) is 4.83. The largest absolute Gasteiger partial charge is 0.375 e. The number of nitrogens with zero attached hydrogens (tertiary/aromatic N) is 2. The number of benzene rings is 1. The van der Waals surface area contributed by atoms with Gasteiger partial charge in [0.2, 0.25) is 11.8 Å². The number of methoxy groups -OCH3 is 1. The maximum absolute atomic E-state index is 13.4. The van der Waals surface area contributed by atoms with Crippen LogP contribution < -0.4 is 11.1 Å². The van der Waals surface area contributed by atoms with E-state index in [1.54, 1.807) is 28.4 Å². The molecule has 0 saturated carbocycles. The molecule has 3 N–H and O–H groups in total. The van der Waals surface area contributed by atoms with Gasteiger partial charge in [0.1, 0.15) is 18.5 Å². The number of rotatable bonds is 10. The first-order chi connectivity index (χ1) is 15.0. The summed E-state index contributed by atoms with van der Waals surface area (Å²) >= 11 is 1.66. The van der Waals surface area contributed by atoms with E-state index in [1.165, 1.54) is 24.1 Å². The molecule has 1 saturated heterocycles. The van der Waals surface area contributed by atoms with E-state index >= 15 is 0 Å². The summed E-state index contributed by atoms with van der Waals surface area (Å²) in [7, 11) is 1.46. The van der Waals surface area contributed by atoms with E-state index in [0.29, 0.717) is 39.1 Å². The van der Waals surface area contributed by atoms with Crippen molar-refractivity contribution in [2.45, 2.75) is 31.6 Å². The van der Waals surface area contributed by atoms with Gasteiger partial charge in [-0.1, -0.05) is 18.2 Å². The van der Waals surface area contributed by atoms with E-state index in [4.69, 9.17) is 10.5 Å². The minimum absolute atomic E-state index is 0.0263. The second-order valence-corrected chi connectivity index (χ2v) is 8.61. The summed E-state index contributed by atoms with van der Waals surface area (Å²) in [5.41, 5.74) is 6.49. The predicted molar refractivity (Wildman–Crippen MR) is 118 cm³/mol. The molecule has 0 bridgehead atoms. The van der Waals surface area contributed by atoms with Gasteiger partial charge in [-0.2, -0.15) is 0 Å². The Morgan fingerprint density at radius 2 is 2.06 bits per heavy atom. The van der Waals surface area contributed by atoms with Crippen molar-refractivity contribution in [2.75, 3.05) is 33.4 Å². The highest BCUT2D eigenvalue weighted by atomic mass is 32.1. The number of nitrogens with two attached hydrogens (primary N) is 1. The van der Waals surface area contributed by atoms with Crippen molar-refractivity contribution in [1.82, 2.24) is 15.1 Å². The third kappa shape index (κ3) is 6.33. The maximum Gasteiger partial charge on any atom is 0.249 e. The van der Waals surface area contributed by atoms with E-state index < -0.39 is 6.04 Å². The normalized spacial score (nSPS) is 18.5. The first kappa shape index (κ1) is 23.3. The molecule has 168 valence electrons. The lowest BCUT2D eigenvalue weighted by Crippen LogP contribution is -2.48. The van der Waals surface area contributed by atoms with Crippen molar-refractivity contribution in [3.05, 3.63) is 58.0 Å². The molecular formula is C22H29FN4O3S. The van der Waals surface area contributed by atoms with Crippen LogP contribution in [0.3, 0.4) is 0 Å². The highest BCUT2D eigenvalue weighted by molar-refractivity contribution is 7.09. The summed E-state index contributed by atoms with van der Waals surface area (Å²) < 4.78 is 18.4. The Balaban J connectivity index is 1.81. The predicted octanol–water partition coefficient (Wildman–Crippen LogP) is 1.58. The summed E-state index contributed by atoms with van der Waals surface area (Å²) in [6.07, 6.45) is 0.512. The van der Waals surface area contributed by atoms with Crippen molar-refractivity contribution in [3.63, 3.8) is 0 Å². The summed E-state index contributed by atoms with van der Waals surface area (Å²) in [6.45, 7) is 2.32. The SMILES string of the molecule is COCC(=O)N1CC(N(Cc2ccc(F)cc2)Cc2cccs2)CC1C(=O)NCCN. The number of nitrogens with one attached hydrogen (secondary N) is 1. The molecule has 3 rings (SSSR count). The Morgan fingerprint density at radius 1 is 1.29 bits per heavy atom. The fourth-order valence-corrected chi connectivity index (χ4v) is 4.59. The van der Waals surface area contributed by atoms with Crippen molar-refractivity contribution in [2.24, 2.45) is 5.73 Å². The van der Waals surface area contributed by atoms with Crippen molar-refractivity contribution in [1.29, 1.82) is 0 Å². The number of carbonyl (C=O) groups excluding carboxylic acids is 2. The molecular weight excluding hydrogens is 419 g/mol. The molecule has 31 heavy (non-hydrogen) atoms. The van der Waals surface area contributed by atoms with Crippen LogP contribution in [0.15, 0.2) is 41.8 Å². The molecule has 2 aromatic rings. The molecule has 2 atom stereocenters. The molecule has 0 spiro atoms. The van der Waals surface area contributed by atoms with Crippen LogP contribution >= 0.6 is 11.3 Å². The number of ether oxygens (including phenoxy) is 1. The second kappa shape index (κ2) is 11.3. The highest BCUT2D eigenvalue weighted by Gasteiger charge is 2.41. The van der Waals surface area contributed by atoms with Crippen molar-refractivity contribution < 1.29 is 18.7 Å². The maximum atomic E-state index is 13.4. The Morgan fingerprint density at radius 3 is 2.71 bits per heavy atom. The molecule has 7 nitrogen and oxygen atoms in total. The van der Waals surface area contributed by atoms with Crippen LogP contribution in [-0.4, -0.2) is 67.0 Å². The number of thiophene rings is 1. The van der Waals surface area contributed by atoms with E-state index in [1.807, 2.05) is 11.4 Å². The molecule has 0 radical (unpaired) electrons. The number of halogens is 1. The van der Waals surface area contributed by atoms with Gasteiger partial charge in [-0.3, -0.25) is 14.5 Å². The zero-order chi connectivity index (χ0) is 22.2. The number of carbonyl (C=O) groups is 2. The second-order valence-electron chi connectivity index (χ2n) is 7.57. The fraction of sp³-hybridized carbons (Fsp3) is 0.455. The fourth-order valence-electron chi connectivity index (χ4n) is 3.86. The lowest BCUT2D eigenvalue weighted by atomic mass is 10.1.